The molecule has 7 nitrogen and oxygen atoms in total. The Morgan fingerprint density at radius 1 is 1.23 bits per heavy atom. The Morgan fingerprint density at radius 2 is 2.00 bits per heavy atom. The van der Waals surface area contributed by atoms with Crippen molar-refractivity contribution in [3.8, 4) is 23.0 Å². The van der Waals surface area contributed by atoms with Gasteiger partial charge in [-0.3, -0.25) is 0 Å². The van der Waals surface area contributed by atoms with Crippen LogP contribution in [-0.2, 0) is 5.54 Å². The molecule has 0 amide bonds. The van der Waals surface area contributed by atoms with E-state index in [4.69, 9.17) is 10.3 Å². The number of aromatic hydroxyl groups is 1. The molecule has 0 radical (unpaired) electrons. The molecule has 2 aromatic heterocycles. The van der Waals surface area contributed by atoms with E-state index in [0.29, 0.717) is 5.82 Å². The van der Waals surface area contributed by atoms with Gasteiger partial charge in [0.1, 0.15) is 0 Å². The minimum absolute atomic E-state index is 0.0151. The molecule has 0 bridgehead atoms. The molecule has 0 aliphatic heterocycles. The summed E-state index contributed by atoms with van der Waals surface area (Å²) in [6.07, 6.45) is 4.26. The normalized spacial score (nSPS) is 16.4. The Morgan fingerprint density at radius 3 is 2.68 bits per heavy atom. The molecule has 3 aromatic rings. The first kappa shape index (κ1) is 13.0. The zero-order valence-corrected chi connectivity index (χ0v) is 11.8. The number of hydrogen-bond acceptors (Lipinski definition) is 6. The molecule has 0 unspecified atom stereocenters. The molecular formula is C15H15N5O2. The first-order valence-electron chi connectivity index (χ1n) is 7.13. The minimum atomic E-state index is -0.501. The fourth-order valence-corrected chi connectivity index (χ4v) is 2.53. The van der Waals surface area contributed by atoms with Crippen LogP contribution in [0.5, 0.6) is 5.75 Å². The van der Waals surface area contributed by atoms with Crippen LogP contribution in [0, 0.1) is 0 Å². The molecule has 1 fully saturated rings. The number of para-hydroxylation sites is 1. The van der Waals surface area contributed by atoms with Crippen LogP contribution < -0.4 is 5.73 Å². The van der Waals surface area contributed by atoms with Gasteiger partial charge in [-0.25, -0.2) is 4.68 Å². The molecule has 1 saturated carbocycles. The summed E-state index contributed by atoms with van der Waals surface area (Å²) >= 11 is 0. The van der Waals surface area contributed by atoms with E-state index < -0.39 is 5.54 Å². The van der Waals surface area contributed by atoms with E-state index >= 15 is 0 Å². The smallest absolute Gasteiger partial charge is 0.282 e. The van der Waals surface area contributed by atoms with Crippen molar-refractivity contribution in [2.45, 2.75) is 24.8 Å². The SMILES string of the molecule is NC1(c2noc(-c3nn(-c4ccccc4)cc3O)n2)CCC1. The maximum atomic E-state index is 10.1. The van der Waals surface area contributed by atoms with Crippen LogP contribution in [0.2, 0.25) is 0 Å². The molecular weight excluding hydrogens is 282 g/mol. The van der Waals surface area contributed by atoms with Crippen LogP contribution >= 0.6 is 0 Å². The molecule has 1 aromatic carbocycles. The summed E-state index contributed by atoms with van der Waals surface area (Å²) in [5.41, 5.74) is 6.76. The van der Waals surface area contributed by atoms with Gasteiger partial charge in [0.25, 0.3) is 5.89 Å². The topological polar surface area (TPSA) is 103 Å². The highest BCUT2D eigenvalue weighted by Crippen LogP contribution is 2.38. The zero-order chi connectivity index (χ0) is 15.2. The van der Waals surface area contributed by atoms with Crippen molar-refractivity contribution in [2.75, 3.05) is 0 Å². The lowest BCUT2D eigenvalue weighted by Crippen LogP contribution is -2.44. The highest BCUT2D eigenvalue weighted by Gasteiger charge is 2.39. The van der Waals surface area contributed by atoms with Gasteiger partial charge < -0.3 is 15.4 Å². The van der Waals surface area contributed by atoms with Gasteiger partial charge in [0.2, 0.25) is 0 Å². The summed E-state index contributed by atoms with van der Waals surface area (Å²) in [5, 5.41) is 18.3. The minimum Gasteiger partial charge on any atom is -0.504 e. The molecule has 22 heavy (non-hydrogen) atoms. The second kappa shape index (κ2) is 4.67. The molecule has 0 atom stereocenters. The number of aromatic nitrogens is 4. The molecule has 112 valence electrons. The third kappa shape index (κ3) is 1.98. The summed E-state index contributed by atoms with van der Waals surface area (Å²) in [6, 6.07) is 9.48. The molecule has 0 spiro atoms. The maximum absolute atomic E-state index is 10.1. The average Bonchev–Trinajstić information content (AvgIpc) is 3.12. The van der Waals surface area contributed by atoms with Gasteiger partial charge >= 0.3 is 0 Å². The second-order valence-corrected chi connectivity index (χ2v) is 5.58. The Kier molecular flexibility index (Phi) is 2.77. The van der Waals surface area contributed by atoms with Crippen LogP contribution in [0.1, 0.15) is 25.1 Å². The molecule has 1 aliphatic rings. The van der Waals surface area contributed by atoms with Crippen LogP contribution in [-0.4, -0.2) is 25.0 Å². The van der Waals surface area contributed by atoms with Crippen molar-refractivity contribution in [1.29, 1.82) is 0 Å². The quantitative estimate of drug-likeness (QED) is 0.766. The van der Waals surface area contributed by atoms with Gasteiger partial charge in [0.15, 0.2) is 17.3 Å². The third-order valence-electron chi connectivity index (χ3n) is 4.04. The Labute approximate surface area is 126 Å². The zero-order valence-electron chi connectivity index (χ0n) is 11.8. The molecule has 7 heteroatoms. The lowest BCUT2D eigenvalue weighted by atomic mass is 9.77. The summed E-state index contributed by atoms with van der Waals surface area (Å²) in [7, 11) is 0. The van der Waals surface area contributed by atoms with Gasteiger partial charge in [0, 0.05) is 0 Å². The predicted molar refractivity (Wildman–Crippen MR) is 78.2 cm³/mol. The summed E-state index contributed by atoms with van der Waals surface area (Å²) in [6.45, 7) is 0. The second-order valence-electron chi connectivity index (χ2n) is 5.58. The first-order chi connectivity index (χ1) is 10.7. The van der Waals surface area contributed by atoms with Crippen LogP contribution in [0.3, 0.4) is 0 Å². The standard InChI is InChI=1S/C15H15N5O2/c16-15(7-4-8-15)14-17-13(22-19-14)12-11(21)9-20(18-12)10-5-2-1-3-6-10/h1-3,5-6,9,21H,4,7-8,16H2. The highest BCUT2D eigenvalue weighted by atomic mass is 16.5. The Hall–Kier alpha value is -2.67. The number of nitrogens with zero attached hydrogens (tertiary/aromatic N) is 4. The van der Waals surface area contributed by atoms with Gasteiger partial charge in [0.05, 0.1) is 17.4 Å². The highest BCUT2D eigenvalue weighted by molar-refractivity contribution is 5.57. The third-order valence-corrected chi connectivity index (χ3v) is 4.04. The molecule has 2 heterocycles. The predicted octanol–water partition coefficient (Wildman–Crippen LogP) is 1.97. The van der Waals surface area contributed by atoms with E-state index in [1.165, 1.54) is 6.20 Å². The Bertz CT molecular complexity index is 804. The van der Waals surface area contributed by atoms with Crippen molar-refractivity contribution < 1.29 is 9.63 Å². The summed E-state index contributed by atoms with van der Waals surface area (Å²) < 4.78 is 6.79. The van der Waals surface area contributed by atoms with Crippen LogP contribution in [0.15, 0.2) is 41.1 Å². The van der Waals surface area contributed by atoms with Crippen LogP contribution in [0.4, 0.5) is 0 Å². The fraction of sp³-hybridized carbons (Fsp3) is 0.267. The maximum Gasteiger partial charge on any atom is 0.282 e. The van der Waals surface area contributed by atoms with Crippen molar-refractivity contribution in [2.24, 2.45) is 5.73 Å². The van der Waals surface area contributed by atoms with E-state index in [1.54, 1.807) is 4.68 Å². The molecule has 1 aliphatic carbocycles. The van der Waals surface area contributed by atoms with Crippen molar-refractivity contribution in [1.82, 2.24) is 19.9 Å². The average molecular weight is 297 g/mol. The monoisotopic (exact) mass is 297 g/mol. The number of nitrogens with two attached hydrogens (primary N) is 1. The largest absolute Gasteiger partial charge is 0.504 e. The summed E-state index contributed by atoms with van der Waals surface area (Å²) in [5.74, 6) is 0.639. The van der Waals surface area contributed by atoms with Gasteiger partial charge in [-0.1, -0.05) is 23.4 Å². The van der Waals surface area contributed by atoms with E-state index in [2.05, 4.69) is 15.2 Å². The van der Waals surface area contributed by atoms with Gasteiger partial charge in [-0.2, -0.15) is 10.1 Å². The van der Waals surface area contributed by atoms with E-state index in [9.17, 15) is 5.11 Å². The van der Waals surface area contributed by atoms with Gasteiger partial charge in [-0.05, 0) is 31.4 Å². The van der Waals surface area contributed by atoms with Crippen molar-refractivity contribution in [3.63, 3.8) is 0 Å². The summed E-state index contributed by atoms with van der Waals surface area (Å²) in [4.78, 5) is 4.30. The number of hydrogen-bond donors (Lipinski definition) is 2. The molecule has 4 rings (SSSR count). The lowest BCUT2D eigenvalue weighted by molar-refractivity contribution is 0.229. The van der Waals surface area contributed by atoms with Gasteiger partial charge in [-0.15, -0.1) is 0 Å². The Balaban J connectivity index is 1.70. The van der Waals surface area contributed by atoms with E-state index in [-0.39, 0.29) is 17.3 Å². The molecule has 3 N–H and O–H groups in total. The van der Waals surface area contributed by atoms with Crippen molar-refractivity contribution in [3.05, 3.63) is 42.4 Å². The van der Waals surface area contributed by atoms with E-state index in [1.807, 2.05) is 30.3 Å². The number of benzene rings is 1. The fourth-order valence-electron chi connectivity index (χ4n) is 2.53. The first-order valence-corrected chi connectivity index (χ1v) is 7.13. The van der Waals surface area contributed by atoms with Crippen LogP contribution in [0.25, 0.3) is 17.3 Å². The van der Waals surface area contributed by atoms with E-state index in [0.717, 1.165) is 24.9 Å². The number of rotatable bonds is 3. The lowest BCUT2D eigenvalue weighted by Gasteiger charge is -2.34. The molecule has 0 saturated heterocycles. The van der Waals surface area contributed by atoms with Crippen molar-refractivity contribution >= 4 is 0 Å².